The monoisotopic (exact) mass is 1240 g/mol. The number of imide groups is 2. The van der Waals surface area contributed by atoms with Crippen molar-refractivity contribution in [1.29, 1.82) is 0 Å². The smallest absolute Gasteiger partial charge is 0.390 e. The molecule has 0 aromatic heterocycles. The van der Waals surface area contributed by atoms with Crippen molar-refractivity contribution in [2.75, 3.05) is 160 Å². The Hall–Kier alpha value is -3.74. The van der Waals surface area contributed by atoms with Gasteiger partial charge in [0.05, 0.1) is 77.9 Å². The average molecular weight is 1240 g/mol. The summed E-state index contributed by atoms with van der Waals surface area (Å²) in [6.07, 6.45) is 7.28. The second-order valence-corrected chi connectivity index (χ2v) is 25.9. The molecule has 2 rings (SSSR count). The van der Waals surface area contributed by atoms with E-state index in [1.807, 2.05) is 0 Å². The van der Waals surface area contributed by atoms with Crippen molar-refractivity contribution < 1.29 is 109 Å². The predicted molar refractivity (Wildman–Crippen MR) is 298 cm³/mol. The maximum atomic E-state index is 12.0. The molecule has 1 fully saturated rings. The molecule has 0 aromatic carbocycles. The number of carbonyl (C=O) groups is 8. The number of hydrogen-bond donors (Lipinski definition) is 11. The first-order valence-corrected chi connectivity index (χ1v) is 33.9. The maximum Gasteiger partial charge on any atom is 0.495 e. The van der Waals surface area contributed by atoms with Crippen LogP contribution in [0.4, 0.5) is 0 Å². The minimum Gasteiger partial charge on any atom is -0.390 e. The molecule has 30 nitrogen and oxygen atoms in total. The molecule has 2 aliphatic heterocycles. The summed E-state index contributed by atoms with van der Waals surface area (Å²) < 4.78 is 45.0. The molecule has 0 saturated carbocycles. The third kappa shape index (κ3) is 42.7. The fourth-order valence-corrected chi connectivity index (χ4v) is 9.68. The minimum absolute atomic E-state index is 0.0545. The van der Waals surface area contributed by atoms with E-state index in [9.17, 15) is 67.1 Å². The zero-order valence-electron chi connectivity index (χ0n) is 47.6. The normalized spacial score (nSPS) is 14.4. The first-order chi connectivity index (χ1) is 38.6. The Morgan fingerprint density at radius 1 is 0.494 bits per heavy atom. The van der Waals surface area contributed by atoms with E-state index < -0.39 is 26.4 Å². The summed E-state index contributed by atoms with van der Waals surface area (Å²) in [5.41, 5.74) is 0. The van der Waals surface area contributed by atoms with Gasteiger partial charge in [-0.15, -0.1) is 0 Å². The fraction of sp³-hybridized carbons (Fsp3) is 0.787. The van der Waals surface area contributed by atoms with Crippen molar-refractivity contribution in [3.05, 3.63) is 12.2 Å². The van der Waals surface area contributed by atoms with Gasteiger partial charge in [0.2, 0.25) is 35.4 Å². The molecular weight excluding hydrogens is 1150 g/mol. The quantitative estimate of drug-likeness (QED) is 0.0157. The Kier molecular flexibility index (Phi) is 45.4. The lowest BCUT2D eigenvalue weighted by Crippen LogP contribution is -2.38. The number of ether oxygens (including phenoxy) is 6. The summed E-state index contributed by atoms with van der Waals surface area (Å²) in [6.45, 7) is 7.25. The summed E-state index contributed by atoms with van der Waals surface area (Å²) in [6, 6.07) is 0.435. The number of likely N-dealkylation sites (tertiary alicyclic amines) is 1. The second kappa shape index (κ2) is 47.6. The van der Waals surface area contributed by atoms with Crippen LogP contribution in [0.5, 0.6) is 0 Å². The molecule has 0 aromatic rings. The van der Waals surface area contributed by atoms with Gasteiger partial charge in [-0.3, -0.25) is 48.2 Å². The molecule has 11 N–H and O–H groups in total. The molecule has 2 heterocycles. The highest BCUT2D eigenvalue weighted by Gasteiger charge is 2.38. The zero-order chi connectivity index (χ0) is 60.8. The molecule has 81 heavy (non-hydrogen) atoms. The van der Waals surface area contributed by atoms with Crippen molar-refractivity contribution in [1.82, 2.24) is 36.4 Å². The molecule has 0 spiro atoms. The maximum absolute atomic E-state index is 12.0. The molecular formula is C47H91N7O23SSi3. The lowest BCUT2D eigenvalue weighted by Gasteiger charge is -2.14. The molecule has 470 valence electrons. The van der Waals surface area contributed by atoms with Crippen LogP contribution < -0.4 is 26.6 Å². The van der Waals surface area contributed by atoms with Crippen LogP contribution in [-0.4, -0.2) is 277 Å². The van der Waals surface area contributed by atoms with Crippen LogP contribution in [0.2, 0.25) is 18.1 Å². The van der Waals surface area contributed by atoms with E-state index in [0.717, 1.165) is 4.90 Å². The first-order valence-electron chi connectivity index (χ1n) is 26.6. The molecule has 1 saturated heterocycles. The number of amides is 8. The second-order valence-electron chi connectivity index (χ2n) is 17.7. The zero-order valence-corrected chi connectivity index (χ0v) is 51.4. The Bertz CT molecular complexity index is 1820. The van der Waals surface area contributed by atoms with Gasteiger partial charge in [0.1, 0.15) is 0 Å². The fourth-order valence-electron chi connectivity index (χ4n) is 6.51. The van der Waals surface area contributed by atoms with Crippen molar-refractivity contribution in [3.63, 3.8) is 0 Å². The number of nitrogens with one attached hydrogen (secondary N) is 5. The molecule has 0 aliphatic carbocycles. The van der Waals surface area contributed by atoms with Crippen molar-refractivity contribution in [3.8, 4) is 0 Å². The molecule has 0 radical (unpaired) electrons. The SMILES string of the molecule is COCCOCCC(=O)NCCC[Si](O)(O)OC.CO[Si](O)(O)CCCNC(=O)CCOCCOCCNC(=O)CCN1C(=O)CC(SC)C1=O.CO[Si](O)(O)CCCNC(=O)CCOCCOCCNCCCN1C(=O)C=CC1=O. The van der Waals surface area contributed by atoms with E-state index in [0.29, 0.717) is 124 Å². The Morgan fingerprint density at radius 2 is 0.877 bits per heavy atom. The van der Waals surface area contributed by atoms with Crippen LogP contribution in [0.25, 0.3) is 0 Å². The number of methoxy groups -OCH3 is 1. The number of nitrogens with zero attached hydrogens (tertiary/aromatic N) is 2. The standard InChI is InChI=1S/C19H35N3O9SSi.C18H33N3O8Si.C10H23NO6Si/c1-29-33(27,28)13-3-6-20-17(24)5-9-30-11-12-31-10-7-21-16(23)4-8-22-18(25)14-15(32-2)19(22)26;1-27-30(25,26)15-3-8-20-16(22)6-11-28-13-14-29-12-9-19-7-2-10-21-17(23)4-5-18(21)24;1-15-7-8-17-6-4-10(12)11-5-3-9-18(13,14)16-2/h15,27-28H,3-14H2,1-2H3,(H,20,24)(H,21,23);4-5,19,25-26H,2-3,6-15H2,1H3,(H,20,22);13-14H,3-9H2,1-2H3,(H,11,12). The van der Waals surface area contributed by atoms with Gasteiger partial charge in [-0.05, 0) is 38.5 Å². The van der Waals surface area contributed by atoms with Gasteiger partial charge in [0.25, 0.3) is 11.8 Å². The Balaban J connectivity index is 0.00000124. The van der Waals surface area contributed by atoms with Crippen LogP contribution in [0, 0.1) is 0 Å². The van der Waals surface area contributed by atoms with Crippen molar-refractivity contribution >= 4 is 85.4 Å². The van der Waals surface area contributed by atoms with Crippen molar-refractivity contribution in [2.24, 2.45) is 0 Å². The topological polar surface area (TPSA) is 408 Å². The third-order valence-electron chi connectivity index (χ3n) is 11.3. The summed E-state index contributed by atoms with van der Waals surface area (Å²) in [4.78, 5) is 151. The lowest BCUT2D eigenvalue weighted by atomic mass is 10.3. The van der Waals surface area contributed by atoms with Gasteiger partial charge in [0, 0.05) is 137 Å². The third-order valence-corrected chi connectivity index (χ3v) is 17.2. The lowest BCUT2D eigenvalue weighted by molar-refractivity contribution is -0.139. The Labute approximate surface area is 482 Å². The number of carbonyl (C=O) groups excluding carboxylic acids is 8. The van der Waals surface area contributed by atoms with Gasteiger partial charge < -0.3 is 97.1 Å². The van der Waals surface area contributed by atoms with Crippen LogP contribution in [0.15, 0.2) is 12.2 Å². The van der Waals surface area contributed by atoms with Gasteiger partial charge >= 0.3 is 26.4 Å². The highest BCUT2D eigenvalue weighted by atomic mass is 32.2. The van der Waals surface area contributed by atoms with Gasteiger partial charge in [-0.25, -0.2) is 0 Å². The molecule has 1 atom stereocenters. The predicted octanol–water partition coefficient (Wildman–Crippen LogP) is -4.01. The molecule has 2 aliphatic rings. The number of hydrogen-bond acceptors (Lipinski definition) is 25. The average Bonchev–Trinajstić information content (AvgIpc) is 3.91. The van der Waals surface area contributed by atoms with Crippen LogP contribution in [0.1, 0.15) is 57.8 Å². The van der Waals surface area contributed by atoms with Crippen LogP contribution >= 0.6 is 11.8 Å². The highest BCUT2D eigenvalue weighted by molar-refractivity contribution is 8.00. The van der Waals surface area contributed by atoms with E-state index in [-0.39, 0.29) is 129 Å². The molecule has 8 amide bonds. The number of thioether (sulfide) groups is 1. The summed E-state index contributed by atoms with van der Waals surface area (Å²) in [5, 5.41) is 13.5. The molecule has 34 heteroatoms. The Morgan fingerprint density at radius 3 is 1.27 bits per heavy atom. The van der Waals surface area contributed by atoms with Gasteiger partial charge in [-0.1, -0.05) is 0 Å². The number of rotatable bonds is 47. The molecule has 1 unspecified atom stereocenters. The summed E-state index contributed by atoms with van der Waals surface area (Å²) >= 11 is 1.34. The van der Waals surface area contributed by atoms with Crippen LogP contribution in [0.3, 0.4) is 0 Å². The van der Waals surface area contributed by atoms with E-state index in [1.165, 1.54) is 50.1 Å². The van der Waals surface area contributed by atoms with Crippen LogP contribution in [-0.2, 0) is 80.1 Å². The summed E-state index contributed by atoms with van der Waals surface area (Å²) in [5.74, 6) is -1.72. The van der Waals surface area contributed by atoms with Gasteiger partial charge in [-0.2, -0.15) is 11.8 Å². The van der Waals surface area contributed by atoms with E-state index in [1.54, 1.807) is 13.4 Å². The minimum atomic E-state index is -3.56. The summed E-state index contributed by atoms with van der Waals surface area (Å²) in [7, 11) is -5.23. The first kappa shape index (κ1) is 77.3. The van der Waals surface area contributed by atoms with Crippen molar-refractivity contribution in [2.45, 2.75) is 81.2 Å². The van der Waals surface area contributed by atoms with E-state index >= 15 is 0 Å². The highest BCUT2D eigenvalue weighted by Crippen LogP contribution is 2.23. The van der Waals surface area contributed by atoms with E-state index in [2.05, 4.69) is 39.9 Å². The van der Waals surface area contributed by atoms with E-state index in [4.69, 9.17) is 28.4 Å². The largest absolute Gasteiger partial charge is 0.495 e. The molecule has 0 bridgehead atoms. The van der Waals surface area contributed by atoms with Gasteiger partial charge in [0.15, 0.2) is 0 Å².